The van der Waals surface area contributed by atoms with Gasteiger partial charge in [-0.2, -0.15) is 5.10 Å². The standard InChI is InChI=1S/C5H9IN2/c1-4(6)3-5(2)8-7/h3H,7H2,1-2H3/b4-3-,8-5-. The fourth-order valence-electron chi connectivity index (χ4n) is 0.325. The Morgan fingerprint density at radius 3 is 2.25 bits per heavy atom. The molecule has 0 rings (SSSR count). The van der Waals surface area contributed by atoms with E-state index in [4.69, 9.17) is 5.84 Å². The van der Waals surface area contributed by atoms with E-state index in [9.17, 15) is 0 Å². The van der Waals surface area contributed by atoms with Crippen LogP contribution in [0.4, 0.5) is 0 Å². The van der Waals surface area contributed by atoms with Crippen LogP contribution in [-0.2, 0) is 0 Å². The summed E-state index contributed by atoms with van der Waals surface area (Å²) < 4.78 is 1.19. The normalized spacial score (nSPS) is 14.4. The minimum Gasteiger partial charge on any atom is -0.323 e. The first-order chi connectivity index (χ1) is 3.66. The highest BCUT2D eigenvalue weighted by atomic mass is 127. The maximum Gasteiger partial charge on any atom is 0.0576 e. The molecule has 8 heavy (non-hydrogen) atoms. The Balaban J connectivity index is 3.89. The van der Waals surface area contributed by atoms with Crippen LogP contribution in [0.2, 0.25) is 0 Å². The molecule has 0 bridgehead atoms. The van der Waals surface area contributed by atoms with Crippen molar-refractivity contribution in [2.45, 2.75) is 13.8 Å². The van der Waals surface area contributed by atoms with Crippen molar-refractivity contribution in [2.24, 2.45) is 10.9 Å². The fraction of sp³-hybridized carbons (Fsp3) is 0.400. The van der Waals surface area contributed by atoms with Gasteiger partial charge in [0.05, 0.1) is 5.71 Å². The van der Waals surface area contributed by atoms with Gasteiger partial charge in [0.1, 0.15) is 0 Å². The van der Waals surface area contributed by atoms with Crippen LogP contribution in [0.3, 0.4) is 0 Å². The summed E-state index contributed by atoms with van der Waals surface area (Å²) in [4.78, 5) is 0. The van der Waals surface area contributed by atoms with Gasteiger partial charge in [-0.3, -0.25) is 0 Å². The molecule has 0 amide bonds. The van der Waals surface area contributed by atoms with E-state index in [1.54, 1.807) is 0 Å². The van der Waals surface area contributed by atoms with E-state index in [1.165, 1.54) is 3.58 Å². The summed E-state index contributed by atoms with van der Waals surface area (Å²) in [5.74, 6) is 4.96. The lowest BCUT2D eigenvalue weighted by atomic mass is 10.4. The van der Waals surface area contributed by atoms with E-state index in [1.807, 2.05) is 19.9 Å². The Morgan fingerprint density at radius 1 is 1.62 bits per heavy atom. The van der Waals surface area contributed by atoms with Crippen LogP contribution in [0.5, 0.6) is 0 Å². The molecule has 0 saturated carbocycles. The number of hydrogen-bond donors (Lipinski definition) is 1. The number of hydrogen-bond acceptors (Lipinski definition) is 2. The molecule has 0 aromatic carbocycles. The van der Waals surface area contributed by atoms with Crippen LogP contribution < -0.4 is 5.84 Å². The average Bonchev–Trinajstić information content (AvgIpc) is 1.65. The lowest BCUT2D eigenvalue weighted by molar-refractivity contribution is 1.24. The van der Waals surface area contributed by atoms with E-state index in [-0.39, 0.29) is 0 Å². The molecule has 3 heteroatoms. The molecule has 0 aromatic heterocycles. The van der Waals surface area contributed by atoms with Gasteiger partial charge >= 0.3 is 0 Å². The third-order valence-corrected chi connectivity index (χ3v) is 0.923. The number of allylic oxidation sites excluding steroid dienone is 2. The maximum absolute atomic E-state index is 4.96. The lowest BCUT2D eigenvalue weighted by Crippen LogP contribution is -1.90. The minimum absolute atomic E-state index is 0.858. The summed E-state index contributed by atoms with van der Waals surface area (Å²) >= 11 is 2.21. The molecular formula is C5H9IN2. The Kier molecular flexibility index (Phi) is 3.85. The van der Waals surface area contributed by atoms with Crippen LogP contribution in [0.15, 0.2) is 14.8 Å². The molecule has 0 spiro atoms. The Morgan fingerprint density at radius 2 is 2.12 bits per heavy atom. The van der Waals surface area contributed by atoms with Gasteiger partial charge in [-0.25, -0.2) is 0 Å². The molecule has 0 aromatic rings. The number of hydrazone groups is 1. The number of nitrogens with zero attached hydrogens (tertiary/aromatic N) is 1. The topological polar surface area (TPSA) is 38.4 Å². The van der Waals surface area contributed by atoms with Gasteiger partial charge in [0.25, 0.3) is 0 Å². The van der Waals surface area contributed by atoms with Crippen LogP contribution in [0.25, 0.3) is 0 Å². The van der Waals surface area contributed by atoms with Crippen molar-refractivity contribution in [1.82, 2.24) is 0 Å². The van der Waals surface area contributed by atoms with E-state index in [0.29, 0.717) is 0 Å². The highest BCUT2D eigenvalue weighted by Gasteiger charge is 1.81. The van der Waals surface area contributed by atoms with Gasteiger partial charge in [0, 0.05) is 0 Å². The van der Waals surface area contributed by atoms with E-state index in [0.717, 1.165) is 5.71 Å². The summed E-state index contributed by atoms with van der Waals surface area (Å²) in [5, 5.41) is 3.46. The first kappa shape index (κ1) is 7.94. The molecule has 0 unspecified atom stereocenters. The zero-order valence-corrected chi connectivity index (χ0v) is 7.14. The Labute approximate surface area is 63.0 Å². The maximum atomic E-state index is 4.96. The molecule has 0 aliphatic carbocycles. The zero-order chi connectivity index (χ0) is 6.57. The summed E-state index contributed by atoms with van der Waals surface area (Å²) in [5.41, 5.74) is 0.858. The highest BCUT2D eigenvalue weighted by Crippen LogP contribution is 2.01. The first-order valence-electron chi connectivity index (χ1n) is 2.25. The molecule has 2 N–H and O–H groups in total. The van der Waals surface area contributed by atoms with Crippen molar-refractivity contribution in [1.29, 1.82) is 0 Å². The predicted octanol–water partition coefficient (Wildman–Crippen LogP) is 1.66. The van der Waals surface area contributed by atoms with Crippen molar-refractivity contribution >= 4 is 28.3 Å². The average molecular weight is 224 g/mol. The lowest BCUT2D eigenvalue weighted by Gasteiger charge is -1.85. The fourth-order valence-corrected chi connectivity index (χ4v) is 0.776. The van der Waals surface area contributed by atoms with Crippen LogP contribution in [-0.4, -0.2) is 5.71 Å². The largest absolute Gasteiger partial charge is 0.323 e. The molecule has 0 saturated heterocycles. The van der Waals surface area contributed by atoms with Gasteiger partial charge in [-0.05, 0) is 46.1 Å². The van der Waals surface area contributed by atoms with Gasteiger partial charge in [-0.15, -0.1) is 0 Å². The van der Waals surface area contributed by atoms with Crippen LogP contribution in [0.1, 0.15) is 13.8 Å². The summed E-state index contributed by atoms with van der Waals surface area (Å²) in [6.07, 6.45) is 1.92. The second-order valence-corrected chi connectivity index (χ2v) is 3.20. The Hall–Kier alpha value is -0.0600. The highest BCUT2D eigenvalue weighted by molar-refractivity contribution is 14.1. The van der Waals surface area contributed by atoms with Gasteiger partial charge in [0.15, 0.2) is 0 Å². The third-order valence-electron chi connectivity index (χ3n) is 0.611. The second-order valence-electron chi connectivity index (χ2n) is 1.50. The number of rotatable bonds is 1. The minimum atomic E-state index is 0.858. The molecule has 0 atom stereocenters. The van der Waals surface area contributed by atoms with Crippen molar-refractivity contribution in [3.05, 3.63) is 9.66 Å². The third kappa shape index (κ3) is 4.11. The van der Waals surface area contributed by atoms with Crippen LogP contribution in [0, 0.1) is 0 Å². The summed E-state index contributed by atoms with van der Waals surface area (Å²) in [7, 11) is 0. The number of halogens is 1. The quantitative estimate of drug-likeness (QED) is 0.313. The first-order valence-corrected chi connectivity index (χ1v) is 3.33. The monoisotopic (exact) mass is 224 g/mol. The molecule has 0 fully saturated rings. The zero-order valence-electron chi connectivity index (χ0n) is 4.98. The van der Waals surface area contributed by atoms with Crippen molar-refractivity contribution < 1.29 is 0 Å². The van der Waals surface area contributed by atoms with Gasteiger partial charge < -0.3 is 5.84 Å². The van der Waals surface area contributed by atoms with Gasteiger partial charge in [-0.1, -0.05) is 0 Å². The molecule has 0 aliphatic heterocycles. The molecule has 0 heterocycles. The smallest absolute Gasteiger partial charge is 0.0576 e. The van der Waals surface area contributed by atoms with Gasteiger partial charge in [0.2, 0.25) is 0 Å². The molecule has 0 aliphatic rings. The van der Waals surface area contributed by atoms with E-state index in [2.05, 4.69) is 27.7 Å². The summed E-state index contributed by atoms with van der Waals surface area (Å²) in [6.45, 7) is 3.86. The molecule has 0 radical (unpaired) electrons. The van der Waals surface area contributed by atoms with E-state index >= 15 is 0 Å². The van der Waals surface area contributed by atoms with Crippen molar-refractivity contribution in [3.8, 4) is 0 Å². The Bertz CT molecular complexity index is 122. The molecule has 46 valence electrons. The summed E-state index contributed by atoms with van der Waals surface area (Å²) in [6, 6.07) is 0. The molecular weight excluding hydrogens is 215 g/mol. The van der Waals surface area contributed by atoms with Crippen molar-refractivity contribution in [2.75, 3.05) is 0 Å². The molecule has 2 nitrogen and oxygen atoms in total. The van der Waals surface area contributed by atoms with E-state index < -0.39 is 0 Å². The van der Waals surface area contributed by atoms with Crippen LogP contribution >= 0.6 is 22.6 Å². The van der Waals surface area contributed by atoms with Crippen molar-refractivity contribution in [3.63, 3.8) is 0 Å². The second kappa shape index (κ2) is 3.88. The number of nitrogens with two attached hydrogens (primary N) is 1. The predicted molar refractivity (Wildman–Crippen MR) is 45.1 cm³/mol. The SMILES string of the molecule is C/C(I)=C/C(C)=N\N.